The second-order valence-corrected chi connectivity index (χ2v) is 7.48. The molecule has 1 aromatic rings. The van der Waals surface area contributed by atoms with E-state index in [1.54, 1.807) is 6.08 Å². The third-order valence-electron chi connectivity index (χ3n) is 5.58. The summed E-state index contributed by atoms with van der Waals surface area (Å²) in [6.45, 7) is 6.78. The van der Waals surface area contributed by atoms with Crippen LogP contribution >= 0.6 is 0 Å². The highest BCUT2D eigenvalue weighted by Gasteiger charge is 2.61. The summed E-state index contributed by atoms with van der Waals surface area (Å²) < 4.78 is 5.86. The number of ether oxygens (including phenoxy) is 1. The van der Waals surface area contributed by atoms with E-state index in [2.05, 4.69) is 20.8 Å². The maximum absolute atomic E-state index is 12.2. The van der Waals surface area contributed by atoms with E-state index in [-0.39, 0.29) is 22.9 Å². The maximum Gasteiger partial charge on any atom is 0.331 e. The molecule has 2 heteroatoms. The molecule has 0 aliphatic heterocycles. The first-order valence-electron chi connectivity index (χ1n) is 7.85. The normalized spacial score (nSPS) is 33.5. The maximum atomic E-state index is 12.2. The van der Waals surface area contributed by atoms with Gasteiger partial charge in [0.15, 0.2) is 0 Å². The minimum Gasteiger partial charge on any atom is -0.458 e. The lowest BCUT2D eigenvalue weighted by Gasteiger charge is -2.41. The molecule has 112 valence electrons. The van der Waals surface area contributed by atoms with Crippen molar-refractivity contribution in [1.82, 2.24) is 0 Å². The number of hydrogen-bond donors (Lipinski definition) is 0. The van der Waals surface area contributed by atoms with Gasteiger partial charge in [-0.15, -0.1) is 0 Å². The number of carbonyl (C=O) groups is 1. The van der Waals surface area contributed by atoms with Gasteiger partial charge in [0.2, 0.25) is 0 Å². The van der Waals surface area contributed by atoms with Gasteiger partial charge in [-0.25, -0.2) is 4.79 Å². The van der Waals surface area contributed by atoms with E-state index in [1.807, 2.05) is 36.4 Å². The molecule has 0 amide bonds. The Morgan fingerprint density at radius 3 is 2.57 bits per heavy atom. The standard InChI is InChI=1S/C19H24O2/c1-18(2)15-11-12-19(3,13-15)17(18)21-16(20)10-9-14-7-5-4-6-8-14/h4-10,15,17H,11-13H2,1-3H3/b10-9+. The van der Waals surface area contributed by atoms with Crippen LogP contribution in [0.2, 0.25) is 0 Å². The fourth-order valence-corrected chi connectivity index (χ4v) is 4.43. The molecule has 21 heavy (non-hydrogen) atoms. The first-order chi connectivity index (χ1) is 9.92. The first-order valence-corrected chi connectivity index (χ1v) is 7.85. The van der Waals surface area contributed by atoms with Crippen molar-refractivity contribution in [3.63, 3.8) is 0 Å². The molecule has 0 saturated heterocycles. The van der Waals surface area contributed by atoms with Gasteiger partial charge in [-0.3, -0.25) is 0 Å². The van der Waals surface area contributed by atoms with Crippen molar-refractivity contribution in [3.8, 4) is 0 Å². The molecule has 0 heterocycles. The molecule has 1 aromatic carbocycles. The number of rotatable bonds is 3. The molecule has 2 bridgehead atoms. The molecular weight excluding hydrogens is 260 g/mol. The monoisotopic (exact) mass is 284 g/mol. The summed E-state index contributed by atoms with van der Waals surface area (Å²) in [6.07, 6.45) is 7.07. The molecule has 2 aliphatic rings. The van der Waals surface area contributed by atoms with Gasteiger partial charge in [-0.05, 0) is 36.8 Å². The first kappa shape index (κ1) is 14.4. The summed E-state index contributed by atoms with van der Waals surface area (Å²) in [5.74, 6) is 0.476. The zero-order chi connectivity index (χ0) is 15.1. The van der Waals surface area contributed by atoms with Gasteiger partial charge in [-0.2, -0.15) is 0 Å². The Morgan fingerprint density at radius 1 is 1.24 bits per heavy atom. The third kappa shape index (κ3) is 2.52. The van der Waals surface area contributed by atoms with Crippen molar-refractivity contribution in [2.75, 3.05) is 0 Å². The zero-order valence-electron chi connectivity index (χ0n) is 13.1. The Hall–Kier alpha value is -1.57. The van der Waals surface area contributed by atoms with E-state index < -0.39 is 0 Å². The number of hydrogen-bond acceptors (Lipinski definition) is 2. The Morgan fingerprint density at radius 2 is 1.95 bits per heavy atom. The Kier molecular flexibility index (Phi) is 3.43. The topological polar surface area (TPSA) is 26.3 Å². The second kappa shape index (κ2) is 5.01. The van der Waals surface area contributed by atoms with Gasteiger partial charge in [0.25, 0.3) is 0 Å². The number of fused-ring (bicyclic) bond motifs is 2. The molecule has 2 nitrogen and oxygen atoms in total. The molecular formula is C19H24O2. The van der Waals surface area contributed by atoms with E-state index in [9.17, 15) is 4.79 Å². The number of benzene rings is 1. The highest BCUT2D eigenvalue weighted by Crippen LogP contribution is 2.63. The van der Waals surface area contributed by atoms with Crippen LogP contribution in [-0.4, -0.2) is 12.1 Å². The molecule has 3 rings (SSSR count). The molecule has 3 atom stereocenters. The molecule has 0 radical (unpaired) electrons. The van der Waals surface area contributed by atoms with Crippen LogP contribution in [0.15, 0.2) is 36.4 Å². The summed E-state index contributed by atoms with van der Waals surface area (Å²) in [5, 5.41) is 0. The lowest BCUT2D eigenvalue weighted by molar-refractivity contribution is -0.158. The van der Waals surface area contributed by atoms with E-state index in [1.165, 1.54) is 19.3 Å². The van der Waals surface area contributed by atoms with E-state index in [0.717, 1.165) is 5.56 Å². The van der Waals surface area contributed by atoms with Gasteiger partial charge in [-0.1, -0.05) is 51.1 Å². The molecule has 0 aromatic heterocycles. The van der Waals surface area contributed by atoms with Crippen LogP contribution in [-0.2, 0) is 9.53 Å². The smallest absolute Gasteiger partial charge is 0.331 e. The van der Waals surface area contributed by atoms with Crippen molar-refractivity contribution in [2.24, 2.45) is 16.7 Å². The summed E-state index contributed by atoms with van der Waals surface area (Å²) in [4.78, 5) is 12.2. The van der Waals surface area contributed by atoms with Crippen LogP contribution in [0.25, 0.3) is 6.08 Å². The van der Waals surface area contributed by atoms with Crippen molar-refractivity contribution in [1.29, 1.82) is 0 Å². The fourth-order valence-electron chi connectivity index (χ4n) is 4.43. The highest BCUT2D eigenvalue weighted by molar-refractivity contribution is 5.87. The highest BCUT2D eigenvalue weighted by atomic mass is 16.5. The zero-order valence-corrected chi connectivity index (χ0v) is 13.1. The number of esters is 1. The molecule has 2 fully saturated rings. The van der Waals surface area contributed by atoms with E-state index in [0.29, 0.717) is 5.92 Å². The van der Waals surface area contributed by atoms with Crippen molar-refractivity contribution in [3.05, 3.63) is 42.0 Å². The van der Waals surface area contributed by atoms with Crippen LogP contribution in [0.4, 0.5) is 0 Å². The average molecular weight is 284 g/mol. The average Bonchev–Trinajstić information content (AvgIpc) is 2.94. The van der Waals surface area contributed by atoms with Crippen LogP contribution < -0.4 is 0 Å². The second-order valence-electron chi connectivity index (χ2n) is 7.48. The van der Waals surface area contributed by atoms with Crippen LogP contribution in [0.5, 0.6) is 0 Å². The fraction of sp³-hybridized carbons (Fsp3) is 0.526. The van der Waals surface area contributed by atoms with Gasteiger partial charge >= 0.3 is 5.97 Å². The third-order valence-corrected chi connectivity index (χ3v) is 5.58. The summed E-state index contributed by atoms with van der Waals surface area (Å²) in [6, 6.07) is 9.85. The minimum absolute atomic E-state index is 0.0386. The molecule has 0 N–H and O–H groups in total. The van der Waals surface area contributed by atoms with Crippen LogP contribution in [0.3, 0.4) is 0 Å². The summed E-state index contributed by atoms with van der Waals surface area (Å²) in [5.41, 5.74) is 1.29. The lowest BCUT2D eigenvalue weighted by Crippen LogP contribution is -2.43. The Balaban J connectivity index is 1.69. The Bertz CT molecular complexity index is 553. The lowest BCUT2D eigenvalue weighted by atomic mass is 9.70. The summed E-state index contributed by atoms with van der Waals surface area (Å²) in [7, 11) is 0. The largest absolute Gasteiger partial charge is 0.458 e. The van der Waals surface area contributed by atoms with Crippen molar-refractivity contribution < 1.29 is 9.53 Å². The minimum atomic E-state index is -0.217. The van der Waals surface area contributed by atoms with Crippen LogP contribution in [0.1, 0.15) is 45.6 Å². The number of carbonyl (C=O) groups excluding carboxylic acids is 1. The predicted molar refractivity (Wildman–Crippen MR) is 84.6 cm³/mol. The van der Waals surface area contributed by atoms with E-state index >= 15 is 0 Å². The predicted octanol–water partition coefficient (Wildman–Crippen LogP) is 4.46. The van der Waals surface area contributed by atoms with Gasteiger partial charge < -0.3 is 4.74 Å². The molecule has 0 spiro atoms. The molecule has 2 saturated carbocycles. The van der Waals surface area contributed by atoms with Gasteiger partial charge in [0.05, 0.1) is 0 Å². The van der Waals surface area contributed by atoms with Gasteiger partial charge in [0.1, 0.15) is 6.10 Å². The Labute approximate surface area is 127 Å². The quantitative estimate of drug-likeness (QED) is 0.605. The van der Waals surface area contributed by atoms with Gasteiger partial charge in [0, 0.05) is 16.9 Å². The van der Waals surface area contributed by atoms with E-state index in [4.69, 9.17) is 4.74 Å². The molecule has 3 unspecified atom stereocenters. The SMILES string of the molecule is CC12CCC(C1)C(C)(C)C2OC(=O)/C=C/c1ccccc1. The van der Waals surface area contributed by atoms with Crippen molar-refractivity contribution in [2.45, 2.75) is 46.1 Å². The van der Waals surface area contributed by atoms with Crippen LogP contribution in [0, 0.1) is 16.7 Å². The summed E-state index contributed by atoms with van der Waals surface area (Å²) >= 11 is 0. The molecule has 2 aliphatic carbocycles. The van der Waals surface area contributed by atoms with Crippen molar-refractivity contribution >= 4 is 12.0 Å².